The minimum absolute atomic E-state index is 0.131. The van der Waals surface area contributed by atoms with E-state index in [2.05, 4.69) is 25.0 Å². The van der Waals surface area contributed by atoms with Crippen molar-refractivity contribution in [1.82, 2.24) is 15.0 Å². The fourth-order valence-corrected chi connectivity index (χ4v) is 5.35. The number of thiophene rings is 1. The number of hydrogen-bond acceptors (Lipinski definition) is 8. The molecule has 0 atom stereocenters. The van der Waals surface area contributed by atoms with Gasteiger partial charge in [-0.3, -0.25) is 4.72 Å². The van der Waals surface area contributed by atoms with Crippen LogP contribution in [0.1, 0.15) is 0 Å². The van der Waals surface area contributed by atoms with Crippen molar-refractivity contribution in [3.8, 4) is 16.9 Å². The molecule has 170 valence electrons. The summed E-state index contributed by atoms with van der Waals surface area (Å²) in [5.41, 5.74) is 2.72. The number of rotatable bonds is 7. The number of ether oxygens (including phenoxy) is 1. The maximum Gasteiger partial charge on any atom is 0.263 e. The molecule has 0 fully saturated rings. The lowest BCUT2D eigenvalue weighted by Crippen LogP contribution is -2.13. The average molecular weight is 490 g/mol. The van der Waals surface area contributed by atoms with Gasteiger partial charge in [-0.15, -0.1) is 11.3 Å². The molecule has 5 rings (SSSR count). The number of fused-ring (bicyclic) bond motifs is 1. The molecule has 3 heterocycles. The Morgan fingerprint density at radius 2 is 1.71 bits per heavy atom. The van der Waals surface area contributed by atoms with Gasteiger partial charge in [0.2, 0.25) is 0 Å². The smallest absolute Gasteiger partial charge is 0.263 e. The molecule has 2 N–H and O–H groups in total. The molecular formula is C24H19N5O3S2. The summed E-state index contributed by atoms with van der Waals surface area (Å²) in [5, 5.41) is 6.24. The monoisotopic (exact) mass is 489 g/mol. The largest absolute Gasteiger partial charge is 0.497 e. The lowest BCUT2D eigenvalue weighted by Gasteiger charge is -2.10. The van der Waals surface area contributed by atoms with E-state index in [1.807, 2.05) is 29.6 Å². The van der Waals surface area contributed by atoms with Crippen LogP contribution in [0.3, 0.4) is 0 Å². The molecular weight excluding hydrogens is 470 g/mol. The number of hydrogen-bond donors (Lipinski definition) is 2. The van der Waals surface area contributed by atoms with Crippen molar-refractivity contribution in [2.45, 2.75) is 4.90 Å². The molecule has 5 aromatic rings. The maximum absolute atomic E-state index is 12.7. The summed E-state index contributed by atoms with van der Waals surface area (Å²) in [4.78, 5) is 13.8. The second-order valence-electron chi connectivity index (χ2n) is 7.25. The quantitative estimate of drug-likeness (QED) is 0.319. The van der Waals surface area contributed by atoms with Crippen LogP contribution in [0.2, 0.25) is 0 Å². The number of nitrogens with zero attached hydrogens (tertiary/aromatic N) is 3. The summed E-state index contributed by atoms with van der Waals surface area (Å²) < 4.78 is 33.0. The molecule has 0 aliphatic rings. The first-order valence-electron chi connectivity index (χ1n) is 10.2. The Kier molecular flexibility index (Phi) is 5.83. The highest BCUT2D eigenvalue weighted by molar-refractivity contribution is 7.92. The molecule has 0 aliphatic carbocycles. The van der Waals surface area contributed by atoms with Crippen molar-refractivity contribution in [1.29, 1.82) is 0 Å². The summed E-state index contributed by atoms with van der Waals surface area (Å²) in [6, 6.07) is 19.3. The third-order valence-corrected chi connectivity index (χ3v) is 7.36. The molecule has 34 heavy (non-hydrogen) atoms. The van der Waals surface area contributed by atoms with Gasteiger partial charge in [0, 0.05) is 22.8 Å². The number of anilines is 3. The van der Waals surface area contributed by atoms with Crippen LogP contribution in [0.15, 0.2) is 89.5 Å². The van der Waals surface area contributed by atoms with Gasteiger partial charge in [0.1, 0.15) is 28.5 Å². The van der Waals surface area contributed by atoms with E-state index < -0.39 is 10.0 Å². The first kappa shape index (κ1) is 21.8. The van der Waals surface area contributed by atoms with Crippen LogP contribution in [0.5, 0.6) is 5.75 Å². The van der Waals surface area contributed by atoms with Gasteiger partial charge in [0.15, 0.2) is 0 Å². The summed E-state index contributed by atoms with van der Waals surface area (Å²) in [6.45, 7) is 0. The lowest BCUT2D eigenvalue weighted by atomic mass is 10.1. The number of benzene rings is 2. The van der Waals surface area contributed by atoms with Gasteiger partial charge >= 0.3 is 0 Å². The van der Waals surface area contributed by atoms with Gasteiger partial charge in [-0.05, 0) is 54.1 Å². The van der Waals surface area contributed by atoms with Crippen molar-refractivity contribution in [3.05, 3.63) is 84.6 Å². The molecule has 0 aliphatic heterocycles. The standard InChI is InChI=1S/C24H19N5O3S2/c1-32-18-9-5-16(6-10-18)20-14-33-24-22(20)23(26-15-27-24)28-17-7-11-19(12-8-17)34(30,31)29-21-4-2-3-13-25-21/h2-15H,1H3,(H,25,29)(H,26,27,28). The zero-order valence-corrected chi connectivity index (χ0v) is 19.6. The number of methoxy groups -OCH3 is 1. The van der Waals surface area contributed by atoms with E-state index in [1.54, 1.807) is 37.4 Å². The van der Waals surface area contributed by atoms with Gasteiger partial charge in [0.25, 0.3) is 10.0 Å². The van der Waals surface area contributed by atoms with Gasteiger partial charge < -0.3 is 10.1 Å². The molecule has 0 saturated heterocycles. The van der Waals surface area contributed by atoms with Gasteiger partial charge in [-0.2, -0.15) is 0 Å². The van der Waals surface area contributed by atoms with Crippen LogP contribution in [-0.2, 0) is 10.0 Å². The number of sulfonamides is 1. The summed E-state index contributed by atoms with van der Waals surface area (Å²) >= 11 is 1.53. The lowest BCUT2D eigenvalue weighted by molar-refractivity contribution is 0.415. The molecule has 10 heteroatoms. The highest BCUT2D eigenvalue weighted by Crippen LogP contribution is 2.38. The maximum atomic E-state index is 12.7. The Bertz CT molecular complexity index is 1540. The van der Waals surface area contributed by atoms with Gasteiger partial charge in [0.05, 0.1) is 17.4 Å². The summed E-state index contributed by atoms with van der Waals surface area (Å²) in [6.07, 6.45) is 3.03. The van der Waals surface area contributed by atoms with E-state index in [-0.39, 0.29) is 10.7 Å². The number of nitrogens with one attached hydrogen (secondary N) is 2. The third kappa shape index (κ3) is 4.41. The molecule has 0 spiro atoms. The summed E-state index contributed by atoms with van der Waals surface area (Å²) in [5.74, 6) is 1.68. The molecule has 0 radical (unpaired) electrons. The Morgan fingerprint density at radius 3 is 2.41 bits per heavy atom. The van der Waals surface area contributed by atoms with Crippen LogP contribution in [-0.4, -0.2) is 30.5 Å². The van der Waals surface area contributed by atoms with Crippen LogP contribution in [0.25, 0.3) is 21.3 Å². The highest BCUT2D eigenvalue weighted by Gasteiger charge is 2.16. The number of aromatic nitrogens is 3. The predicted molar refractivity (Wildman–Crippen MR) is 134 cm³/mol. The molecule has 0 unspecified atom stereocenters. The van der Waals surface area contributed by atoms with Crippen molar-refractivity contribution in [2.75, 3.05) is 17.1 Å². The molecule has 0 amide bonds. The zero-order chi connectivity index (χ0) is 23.5. The first-order valence-corrected chi connectivity index (χ1v) is 12.6. The highest BCUT2D eigenvalue weighted by atomic mass is 32.2. The third-order valence-electron chi connectivity index (χ3n) is 5.10. The minimum Gasteiger partial charge on any atom is -0.497 e. The van der Waals surface area contributed by atoms with Crippen LogP contribution in [0.4, 0.5) is 17.3 Å². The molecule has 3 aromatic heterocycles. The molecule has 2 aromatic carbocycles. The van der Waals surface area contributed by atoms with Gasteiger partial charge in [-0.1, -0.05) is 18.2 Å². The van der Waals surface area contributed by atoms with Crippen LogP contribution >= 0.6 is 11.3 Å². The van der Waals surface area contributed by atoms with Crippen LogP contribution < -0.4 is 14.8 Å². The predicted octanol–water partition coefficient (Wildman–Crippen LogP) is 5.31. The molecule has 0 saturated carbocycles. The topological polar surface area (TPSA) is 106 Å². The minimum atomic E-state index is -3.75. The van der Waals surface area contributed by atoms with E-state index in [0.29, 0.717) is 11.5 Å². The van der Waals surface area contributed by atoms with E-state index in [1.165, 1.54) is 36.0 Å². The zero-order valence-electron chi connectivity index (χ0n) is 18.0. The van der Waals surface area contributed by atoms with Crippen molar-refractivity contribution >= 4 is 48.9 Å². The first-order chi connectivity index (χ1) is 16.5. The Labute approximate surface area is 200 Å². The second kappa shape index (κ2) is 9.08. The Balaban J connectivity index is 1.43. The van der Waals surface area contributed by atoms with Crippen molar-refractivity contribution in [2.24, 2.45) is 0 Å². The van der Waals surface area contributed by atoms with E-state index >= 15 is 0 Å². The van der Waals surface area contributed by atoms with E-state index in [4.69, 9.17) is 4.74 Å². The van der Waals surface area contributed by atoms with E-state index in [9.17, 15) is 8.42 Å². The van der Waals surface area contributed by atoms with Crippen molar-refractivity contribution in [3.63, 3.8) is 0 Å². The Morgan fingerprint density at radius 1 is 0.912 bits per heavy atom. The molecule has 8 nitrogen and oxygen atoms in total. The fourth-order valence-electron chi connectivity index (χ4n) is 3.43. The van der Waals surface area contributed by atoms with Gasteiger partial charge in [-0.25, -0.2) is 23.4 Å². The number of pyridine rings is 1. The Hall–Kier alpha value is -4.02. The molecule has 0 bridgehead atoms. The normalized spacial score (nSPS) is 11.3. The van der Waals surface area contributed by atoms with Crippen LogP contribution in [0, 0.1) is 0 Å². The van der Waals surface area contributed by atoms with Crippen molar-refractivity contribution < 1.29 is 13.2 Å². The fraction of sp³-hybridized carbons (Fsp3) is 0.0417. The van der Waals surface area contributed by atoms with E-state index in [0.717, 1.165) is 27.1 Å². The second-order valence-corrected chi connectivity index (χ2v) is 9.79. The average Bonchev–Trinajstić information content (AvgIpc) is 3.30. The summed E-state index contributed by atoms with van der Waals surface area (Å²) in [7, 11) is -2.12. The SMILES string of the molecule is COc1ccc(-c2csc3ncnc(Nc4ccc(S(=O)(=O)Nc5ccccn5)cc4)c23)cc1.